The summed E-state index contributed by atoms with van der Waals surface area (Å²) in [5.41, 5.74) is 2.31. The molecule has 0 saturated heterocycles. The van der Waals surface area contributed by atoms with Crippen LogP contribution in [0.1, 0.15) is 144 Å². The van der Waals surface area contributed by atoms with Crippen molar-refractivity contribution in [3.05, 3.63) is 0 Å². The average molecular weight is 411 g/mol. The summed E-state index contributed by atoms with van der Waals surface area (Å²) in [5, 5.41) is 0. The molecule has 0 spiro atoms. The summed E-state index contributed by atoms with van der Waals surface area (Å²) < 4.78 is 0. The van der Waals surface area contributed by atoms with Crippen molar-refractivity contribution in [3.8, 4) is 0 Å². The third kappa shape index (κ3) is 6.04. The van der Waals surface area contributed by atoms with Gasteiger partial charge in [-0.3, -0.25) is 0 Å². The second-order valence-electron chi connectivity index (χ2n) is 13.8. The van der Waals surface area contributed by atoms with Crippen molar-refractivity contribution in [1.29, 1.82) is 0 Å². The zero-order valence-electron chi connectivity index (χ0n) is 24.3. The maximum absolute atomic E-state index is 2.49. The van der Waals surface area contributed by atoms with E-state index < -0.39 is 0 Å². The summed E-state index contributed by atoms with van der Waals surface area (Å²) in [5.74, 6) is 1.49. The average Bonchev–Trinajstić information content (AvgIpc) is 2.57. The van der Waals surface area contributed by atoms with E-state index in [0.717, 1.165) is 11.8 Å². The van der Waals surface area contributed by atoms with Crippen LogP contribution in [0.5, 0.6) is 0 Å². The molecule has 0 aromatic rings. The molecule has 0 saturated carbocycles. The lowest BCUT2D eigenvalue weighted by atomic mass is 9.48. The van der Waals surface area contributed by atoms with Gasteiger partial charge in [-0.25, -0.2) is 0 Å². The van der Waals surface area contributed by atoms with Gasteiger partial charge in [0.2, 0.25) is 0 Å². The predicted octanol–water partition coefficient (Wildman–Crippen LogP) is 10.7. The van der Waals surface area contributed by atoms with Crippen molar-refractivity contribution in [2.45, 2.75) is 144 Å². The largest absolute Gasteiger partial charge is 0.0651 e. The molecule has 3 atom stereocenters. The molecule has 0 N–H and O–H groups in total. The van der Waals surface area contributed by atoms with Gasteiger partial charge in [0.1, 0.15) is 0 Å². The summed E-state index contributed by atoms with van der Waals surface area (Å²) in [6.07, 6.45) is 3.78. The Morgan fingerprint density at radius 1 is 0.483 bits per heavy atom. The normalized spacial score (nSPS) is 19.1. The standard InChI is InChI=1S/C15H32.C14H30/c1-10-12(3)15(9,13(4,5)6)14(7,8)11-2;1-10-13(7,8)14(9,11(2)3)12(4,5)6/h12H,10-11H2,1-9H3;11H,10H2,1-9H3. The zero-order valence-corrected chi connectivity index (χ0v) is 24.3. The Labute approximate surface area is 188 Å². The fourth-order valence-electron chi connectivity index (χ4n) is 6.23. The summed E-state index contributed by atoms with van der Waals surface area (Å²) in [4.78, 5) is 0. The summed E-state index contributed by atoms with van der Waals surface area (Å²) in [6, 6.07) is 0. The summed E-state index contributed by atoms with van der Waals surface area (Å²) >= 11 is 0. The highest BCUT2D eigenvalue weighted by molar-refractivity contribution is 5.00. The monoisotopic (exact) mass is 410 g/mol. The van der Waals surface area contributed by atoms with E-state index in [9.17, 15) is 0 Å². The molecular formula is C29H62. The zero-order chi connectivity index (χ0) is 24.3. The number of rotatable bonds is 7. The first-order valence-corrected chi connectivity index (χ1v) is 12.5. The van der Waals surface area contributed by atoms with Gasteiger partial charge in [-0.05, 0) is 44.3 Å². The van der Waals surface area contributed by atoms with E-state index in [-0.39, 0.29) is 0 Å². The molecule has 0 radical (unpaired) electrons. The highest BCUT2D eigenvalue weighted by Gasteiger charge is 2.51. The van der Waals surface area contributed by atoms with E-state index >= 15 is 0 Å². The van der Waals surface area contributed by atoms with Crippen molar-refractivity contribution in [1.82, 2.24) is 0 Å². The minimum Gasteiger partial charge on any atom is -0.0651 e. The molecule has 29 heavy (non-hydrogen) atoms. The van der Waals surface area contributed by atoms with Gasteiger partial charge in [-0.15, -0.1) is 0 Å². The van der Waals surface area contributed by atoms with Gasteiger partial charge < -0.3 is 0 Å². The van der Waals surface area contributed by atoms with Crippen LogP contribution >= 0.6 is 0 Å². The van der Waals surface area contributed by atoms with Crippen molar-refractivity contribution in [2.24, 2.45) is 44.3 Å². The molecule has 0 nitrogen and oxygen atoms in total. The fourth-order valence-corrected chi connectivity index (χ4v) is 6.23. The third-order valence-electron chi connectivity index (χ3n) is 10.4. The lowest BCUT2D eigenvalue weighted by Gasteiger charge is -2.56. The predicted molar refractivity (Wildman–Crippen MR) is 138 cm³/mol. The fraction of sp³-hybridized carbons (Fsp3) is 1.00. The Balaban J connectivity index is 0. The highest BCUT2D eigenvalue weighted by atomic mass is 14.6. The first-order chi connectivity index (χ1) is 12.5. The summed E-state index contributed by atoms with van der Waals surface area (Å²) in [7, 11) is 0. The molecule has 0 heterocycles. The Morgan fingerprint density at radius 2 is 0.759 bits per heavy atom. The van der Waals surface area contributed by atoms with Crippen molar-refractivity contribution >= 4 is 0 Å². The van der Waals surface area contributed by atoms with Crippen LogP contribution in [0.4, 0.5) is 0 Å². The Morgan fingerprint density at radius 3 is 0.897 bits per heavy atom. The lowest BCUT2D eigenvalue weighted by molar-refractivity contribution is -0.0760. The minimum atomic E-state index is 0.362. The highest BCUT2D eigenvalue weighted by Crippen LogP contribution is 2.58. The Kier molecular flexibility index (Phi) is 10.8. The van der Waals surface area contributed by atoms with Crippen LogP contribution in [0, 0.1) is 44.3 Å². The Hall–Kier alpha value is 0. The molecule has 0 aliphatic carbocycles. The molecule has 0 heteroatoms. The van der Waals surface area contributed by atoms with Crippen LogP contribution in [0.15, 0.2) is 0 Å². The van der Waals surface area contributed by atoms with Crippen LogP contribution in [-0.4, -0.2) is 0 Å². The van der Waals surface area contributed by atoms with E-state index in [1.165, 1.54) is 19.3 Å². The molecule has 0 bridgehead atoms. The van der Waals surface area contributed by atoms with E-state index in [1.54, 1.807) is 0 Å². The van der Waals surface area contributed by atoms with Gasteiger partial charge in [0.05, 0.1) is 0 Å². The third-order valence-corrected chi connectivity index (χ3v) is 10.4. The van der Waals surface area contributed by atoms with Crippen molar-refractivity contribution < 1.29 is 0 Å². The van der Waals surface area contributed by atoms with Gasteiger partial charge in [0.25, 0.3) is 0 Å². The first-order valence-electron chi connectivity index (χ1n) is 12.5. The van der Waals surface area contributed by atoms with Crippen LogP contribution in [0.2, 0.25) is 0 Å². The molecule has 3 unspecified atom stereocenters. The molecule has 0 aromatic carbocycles. The van der Waals surface area contributed by atoms with Crippen molar-refractivity contribution in [2.75, 3.05) is 0 Å². The van der Waals surface area contributed by atoms with Gasteiger partial charge >= 0.3 is 0 Å². The van der Waals surface area contributed by atoms with Gasteiger partial charge in [0, 0.05) is 0 Å². The topological polar surface area (TPSA) is 0 Å². The molecule has 178 valence electrons. The maximum atomic E-state index is 2.49. The first kappa shape index (κ1) is 31.2. The SMILES string of the molecule is CCC(C)(C)C(C)(C(C)C)C(C)(C)C.CCC(C)C(C)(C(C)(C)C)C(C)(C)CC. The van der Waals surface area contributed by atoms with Gasteiger partial charge in [0.15, 0.2) is 0 Å². The van der Waals surface area contributed by atoms with Crippen molar-refractivity contribution in [3.63, 3.8) is 0 Å². The molecular weight excluding hydrogens is 348 g/mol. The quantitative estimate of drug-likeness (QED) is 0.391. The molecule has 0 aliphatic rings. The van der Waals surface area contributed by atoms with E-state index in [0.29, 0.717) is 32.5 Å². The maximum Gasteiger partial charge on any atom is -0.0201 e. The van der Waals surface area contributed by atoms with E-state index in [4.69, 9.17) is 0 Å². The minimum absolute atomic E-state index is 0.362. The Bertz CT molecular complexity index is 465. The molecule has 0 fully saturated rings. The number of hydrogen-bond donors (Lipinski definition) is 0. The molecule has 0 amide bonds. The van der Waals surface area contributed by atoms with Crippen LogP contribution in [0.25, 0.3) is 0 Å². The van der Waals surface area contributed by atoms with E-state index in [2.05, 4.69) is 125 Å². The second-order valence-corrected chi connectivity index (χ2v) is 13.8. The van der Waals surface area contributed by atoms with Crippen LogP contribution < -0.4 is 0 Å². The van der Waals surface area contributed by atoms with Crippen LogP contribution in [0.3, 0.4) is 0 Å². The van der Waals surface area contributed by atoms with Crippen LogP contribution in [-0.2, 0) is 0 Å². The second kappa shape index (κ2) is 10.1. The van der Waals surface area contributed by atoms with Gasteiger partial charge in [-0.2, -0.15) is 0 Å². The number of hydrogen-bond acceptors (Lipinski definition) is 0. The smallest absolute Gasteiger partial charge is 0.0201 e. The lowest BCUT2D eigenvalue weighted by Crippen LogP contribution is -2.49. The molecule has 0 aliphatic heterocycles. The molecule has 0 rings (SSSR count). The van der Waals surface area contributed by atoms with Gasteiger partial charge in [-0.1, -0.05) is 144 Å². The summed E-state index contributed by atoms with van der Waals surface area (Å²) in [6.45, 7) is 43.1. The van der Waals surface area contributed by atoms with E-state index in [1.807, 2.05) is 0 Å². The molecule has 0 aromatic heterocycles.